The van der Waals surface area contributed by atoms with Crippen LogP contribution in [-0.4, -0.2) is 34.8 Å². The number of piperidine rings is 1. The van der Waals surface area contributed by atoms with Gasteiger partial charge in [-0.15, -0.1) is 0 Å². The van der Waals surface area contributed by atoms with Crippen molar-refractivity contribution in [1.29, 1.82) is 0 Å². The highest BCUT2D eigenvalue weighted by molar-refractivity contribution is 5.71. The Morgan fingerprint density at radius 1 is 1.29 bits per heavy atom. The Hall–Kier alpha value is -2.47. The molecule has 1 aliphatic heterocycles. The topological polar surface area (TPSA) is 51.5 Å². The Labute approximate surface area is 139 Å². The molecule has 0 amide bonds. The van der Waals surface area contributed by atoms with Gasteiger partial charge in [-0.05, 0) is 49.7 Å². The van der Waals surface area contributed by atoms with E-state index in [1.807, 2.05) is 18.3 Å². The maximum Gasteiger partial charge on any atom is 0.156 e. The first-order chi connectivity index (χ1) is 11.7. The zero-order chi connectivity index (χ0) is 16.5. The molecule has 5 nitrogen and oxygen atoms in total. The molecule has 2 aromatic heterocycles. The van der Waals surface area contributed by atoms with E-state index in [4.69, 9.17) is 4.74 Å². The summed E-state index contributed by atoms with van der Waals surface area (Å²) in [7, 11) is 1.58. The van der Waals surface area contributed by atoms with E-state index in [1.54, 1.807) is 17.7 Å². The third kappa shape index (κ3) is 2.73. The van der Waals surface area contributed by atoms with Crippen LogP contribution in [0.15, 0.2) is 36.5 Å². The lowest BCUT2D eigenvalue weighted by atomic mass is 9.99. The van der Waals surface area contributed by atoms with Crippen LogP contribution in [0.1, 0.15) is 24.6 Å². The minimum atomic E-state index is -0.293. The molecule has 0 spiro atoms. The number of methoxy groups -OCH3 is 1. The Morgan fingerprint density at radius 3 is 3.00 bits per heavy atom. The molecular weight excluding hydrogens is 307 g/mol. The van der Waals surface area contributed by atoms with E-state index in [1.165, 1.54) is 12.1 Å². The van der Waals surface area contributed by atoms with Gasteiger partial charge in [0.2, 0.25) is 0 Å². The van der Waals surface area contributed by atoms with Gasteiger partial charge in [-0.2, -0.15) is 5.10 Å². The Balaban J connectivity index is 1.74. The number of hydrogen-bond donors (Lipinski definition) is 1. The fraction of sp³-hybridized carbons (Fsp3) is 0.333. The van der Waals surface area contributed by atoms with Gasteiger partial charge in [-0.3, -0.25) is 0 Å². The molecular formula is C18H19FN4O. The zero-order valence-electron chi connectivity index (χ0n) is 13.5. The van der Waals surface area contributed by atoms with Crippen molar-refractivity contribution < 1.29 is 9.13 Å². The van der Waals surface area contributed by atoms with E-state index >= 15 is 0 Å². The van der Waals surface area contributed by atoms with Crippen molar-refractivity contribution in [3.05, 3.63) is 48.2 Å². The maximum absolute atomic E-state index is 13.6. The van der Waals surface area contributed by atoms with Crippen molar-refractivity contribution in [3.63, 3.8) is 0 Å². The van der Waals surface area contributed by atoms with E-state index in [2.05, 4.69) is 15.4 Å². The zero-order valence-corrected chi connectivity index (χ0v) is 13.5. The first kappa shape index (κ1) is 15.1. The van der Waals surface area contributed by atoms with Crippen LogP contribution in [0.2, 0.25) is 0 Å². The van der Waals surface area contributed by atoms with Gasteiger partial charge in [0, 0.05) is 29.8 Å². The Kier molecular flexibility index (Phi) is 3.90. The highest BCUT2D eigenvalue weighted by Crippen LogP contribution is 2.31. The molecule has 3 aromatic rings. The van der Waals surface area contributed by atoms with Gasteiger partial charge in [0.15, 0.2) is 11.5 Å². The number of pyridine rings is 1. The molecule has 1 fully saturated rings. The molecule has 0 unspecified atom stereocenters. The third-order valence-electron chi connectivity index (χ3n) is 4.48. The number of benzene rings is 1. The summed E-state index contributed by atoms with van der Waals surface area (Å²) in [5.74, 6) is 1.56. The molecule has 3 heterocycles. The van der Waals surface area contributed by atoms with E-state index < -0.39 is 0 Å². The summed E-state index contributed by atoms with van der Waals surface area (Å²) in [4.78, 5) is 4.64. The molecule has 24 heavy (non-hydrogen) atoms. The third-order valence-corrected chi connectivity index (χ3v) is 4.48. The summed E-state index contributed by atoms with van der Waals surface area (Å²) in [6.45, 7) is 1.98. The molecule has 1 aromatic carbocycles. The summed E-state index contributed by atoms with van der Waals surface area (Å²) in [6.07, 6.45) is 4.12. The van der Waals surface area contributed by atoms with E-state index in [0.29, 0.717) is 17.2 Å². The normalized spacial score (nSPS) is 18.0. The molecule has 1 N–H and O–H groups in total. The molecule has 1 atom stereocenters. The molecule has 6 heteroatoms. The number of aromatic nitrogens is 3. The first-order valence-corrected chi connectivity index (χ1v) is 8.15. The average molecular weight is 326 g/mol. The SMILES string of the molecule is COc1ccc(F)cc1-c1ccc2nc([C@@H]3CCCNC3)nn2c1. The van der Waals surface area contributed by atoms with Gasteiger partial charge >= 0.3 is 0 Å². The molecule has 0 aliphatic carbocycles. The van der Waals surface area contributed by atoms with Crippen molar-refractivity contribution in [2.75, 3.05) is 20.2 Å². The largest absolute Gasteiger partial charge is 0.496 e. The predicted molar refractivity (Wildman–Crippen MR) is 89.8 cm³/mol. The van der Waals surface area contributed by atoms with Crippen molar-refractivity contribution >= 4 is 5.65 Å². The number of halogens is 1. The second-order valence-electron chi connectivity index (χ2n) is 6.08. The minimum Gasteiger partial charge on any atom is -0.496 e. The molecule has 0 saturated carbocycles. The summed E-state index contributed by atoms with van der Waals surface area (Å²) >= 11 is 0. The lowest BCUT2D eigenvalue weighted by Gasteiger charge is -2.19. The van der Waals surface area contributed by atoms with Crippen LogP contribution in [0, 0.1) is 5.82 Å². The summed E-state index contributed by atoms with van der Waals surface area (Å²) in [6, 6.07) is 8.33. The van der Waals surface area contributed by atoms with Crippen LogP contribution >= 0.6 is 0 Å². The van der Waals surface area contributed by atoms with Gasteiger partial charge in [0.1, 0.15) is 11.6 Å². The van der Waals surface area contributed by atoms with Gasteiger partial charge in [-0.1, -0.05) is 0 Å². The van der Waals surface area contributed by atoms with Crippen molar-refractivity contribution in [2.45, 2.75) is 18.8 Å². The highest BCUT2D eigenvalue weighted by atomic mass is 19.1. The number of fused-ring (bicyclic) bond motifs is 1. The predicted octanol–water partition coefficient (Wildman–Crippen LogP) is 3.01. The van der Waals surface area contributed by atoms with Gasteiger partial charge < -0.3 is 10.1 Å². The Bertz CT molecular complexity index is 871. The molecule has 1 aliphatic rings. The molecule has 1 saturated heterocycles. The van der Waals surface area contributed by atoms with Crippen LogP contribution in [0.4, 0.5) is 4.39 Å². The van der Waals surface area contributed by atoms with E-state index in [-0.39, 0.29) is 5.82 Å². The molecule has 124 valence electrons. The quantitative estimate of drug-likeness (QED) is 0.804. The number of rotatable bonds is 3. The first-order valence-electron chi connectivity index (χ1n) is 8.15. The van der Waals surface area contributed by atoms with Crippen molar-refractivity contribution in [3.8, 4) is 16.9 Å². The van der Waals surface area contributed by atoms with Crippen LogP contribution in [0.3, 0.4) is 0 Å². The number of ether oxygens (including phenoxy) is 1. The van der Waals surface area contributed by atoms with Crippen LogP contribution in [-0.2, 0) is 0 Å². The smallest absolute Gasteiger partial charge is 0.156 e. The second kappa shape index (κ2) is 6.20. The van der Waals surface area contributed by atoms with Crippen LogP contribution in [0.5, 0.6) is 5.75 Å². The maximum atomic E-state index is 13.6. The lowest BCUT2D eigenvalue weighted by molar-refractivity contribution is 0.415. The van der Waals surface area contributed by atoms with Crippen LogP contribution < -0.4 is 10.1 Å². The summed E-state index contributed by atoms with van der Waals surface area (Å²) in [5.41, 5.74) is 2.35. The van der Waals surface area contributed by atoms with Crippen molar-refractivity contribution in [2.24, 2.45) is 0 Å². The molecule has 0 radical (unpaired) electrons. The fourth-order valence-corrected chi connectivity index (χ4v) is 3.21. The number of hydrogen-bond acceptors (Lipinski definition) is 4. The number of nitrogens with one attached hydrogen (secondary N) is 1. The van der Waals surface area contributed by atoms with Crippen molar-refractivity contribution in [1.82, 2.24) is 19.9 Å². The van der Waals surface area contributed by atoms with Gasteiger partial charge in [0.05, 0.1) is 7.11 Å². The highest BCUT2D eigenvalue weighted by Gasteiger charge is 2.20. The van der Waals surface area contributed by atoms with E-state index in [0.717, 1.165) is 43.0 Å². The monoisotopic (exact) mass is 326 g/mol. The molecule has 4 rings (SSSR count). The summed E-state index contributed by atoms with van der Waals surface area (Å²) in [5, 5.41) is 8.02. The lowest BCUT2D eigenvalue weighted by Crippen LogP contribution is -2.28. The van der Waals surface area contributed by atoms with Crippen LogP contribution in [0.25, 0.3) is 16.8 Å². The average Bonchev–Trinajstić information content (AvgIpc) is 3.05. The fourth-order valence-electron chi connectivity index (χ4n) is 3.21. The second-order valence-corrected chi connectivity index (χ2v) is 6.08. The molecule has 0 bridgehead atoms. The number of nitrogens with zero attached hydrogens (tertiary/aromatic N) is 3. The minimum absolute atomic E-state index is 0.293. The van der Waals surface area contributed by atoms with E-state index in [9.17, 15) is 4.39 Å². The Morgan fingerprint density at radius 2 is 2.21 bits per heavy atom. The van der Waals surface area contributed by atoms with Gasteiger partial charge in [0.25, 0.3) is 0 Å². The van der Waals surface area contributed by atoms with Gasteiger partial charge in [-0.25, -0.2) is 13.9 Å². The standard InChI is InChI=1S/C18H19FN4O/c1-24-16-6-5-14(19)9-15(16)13-4-7-17-21-18(22-23(17)11-13)12-3-2-8-20-10-12/h4-7,9,11-12,20H,2-3,8,10H2,1H3/t12-/m1/s1. The summed E-state index contributed by atoms with van der Waals surface area (Å²) < 4.78 is 20.7.